The van der Waals surface area contributed by atoms with Crippen LogP contribution in [-0.2, 0) is 11.3 Å². The van der Waals surface area contributed by atoms with Crippen LogP contribution in [0.3, 0.4) is 0 Å². The molecule has 1 fully saturated rings. The highest BCUT2D eigenvalue weighted by molar-refractivity contribution is 6.07. The number of anilines is 2. The quantitative estimate of drug-likeness (QED) is 0.836. The molecule has 0 saturated carbocycles. The van der Waals surface area contributed by atoms with Crippen molar-refractivity contribution in [3.05, 3.63) is 34.8 Å². The molecule has 0 atom stereocenters. The summed E-state index contributed by atoms with van der Waals surface area (Å²) in [6, 6.07) is 1.57. The highest BCUT2D eigenvalue weighted by Crippen LogP contribution is 2.24. The number of nitrogens with zero attached hydrogens (tertiary/aromatic N) is 2. The Hall–Kier alpha value is -2.04. The summed E-state index contributed by atoms with van der Waals surface area (Å²) in [5.74, 6) is 0.241. The van der Waals surface area contributed by atoms with Gasteiger partial charge in [-0.05, 0) is 18.4 Å². The van der Waals surface area contributed by atoms with Gasteiger partial charge in [-0.2, -0.15) is 0 Å². The normalized spacial score (nSPS) is 15.6. The Bertz CT molecular complexity index is 587. The monoisotopic (exact) mass is 261 g/mol. The Kier molecular flexibility index (Phi) is 3.46. The van der Waals surface area contributed by atoms with Crippen LogP contribution >= 0.6 is 0 Å². The summed E-state index contributed by atoms with van der Waals surface area (Å²) in [6.07, 6.45) is 2.36. The zero-order valence-electron chi connectivity index (χ0n) is 11.3. The van der Waals surface area contributed by atoms with Crippen LogP contribution < -0.4 is 16.2 Å². The fourth-order valence-electron chi connectivity index (χ4n) is 2.21. The molecule has 1 amide bonds. The van der Waals surface area contributed by atoms with E-state index in [9.17, 15) is 9.59 Å². The molecular weight excluding hydrogens is 242 g/mol. The van der Waals surface area contributed by atoms with E-state index in [1.54, 1.807) is 21.7 Å². The molecule has 1 saturated heterocycles. The van der Waals surface area contributed by atoms with Crippen molar-refractivity contribution in [1.82, 2.24) is 4.57 Å². The van der Waals surface area contributed by atoms with E-state index in [1.165, 1.54) is 0 Å². The average molecular weight is 261 g/mol. The zero-order valence-corrected chi connectivity index (χ0v) is 11.3. The molecule has 1 aliphatic heterocycles. The first-order valence-corrected chi connectivity index (χ1v) is 6.39. The van der Waals surface area contributed by atoms with Gasteiger partial charge in [-0.1, -0.05) is 20.4 Å². The van der Waals surface area contributed by atoms with Crippen LogP contribution in [0.2, 0.25) is 0 Å². The predicted octanol–water partition coefficient (Wildman–Crippen LogP) is 1.38. The Morgan fingerprint density at radius 1 is 1.42 bits per heavy atom. The second-order valence-electron chi connectivity index (χ2n) is 5.32. The van der Waals surface area contributed by atoms with E-state index >= 15 is 0 Å². The van der Waals surface area contributed by atoms with Crippen LogP contribution in [0.25, 0.3) is 0 Å². The van der Waals surface area contributed by atoms with Crippen LogP contribution in [0, 0.1) is 5.92 Å². The van der Waals surface area contributed by atoms with E-state index in [2.05, 4.69) is 6.58 Å². The van der Waals surface area contributed by atoms with Gasteiger partial charge in [0.25, 0.3) is 11.5 Å². The van der Waals surface area contributed by atoms with Crippen molar-refractivity contribution < 1.29 is 4.79 Å². The lowest BCUT2D eigenvalue weighted by atomic mass is 10.2. The molecule has 1 aliphatic rings. The molecule has 0 aliphatic carbocycles. The fourth-order valence-corrected chi connectivity index (χ4v) is 2.21. The minimum Gasteiger partial charge on any atom is -0.394 e. The van der Waals surface area contributed by atoms with Gasteiger partial charge in [0.15, 0.2) is 0 Å². The minimum absolute atomic E-state index is 0.0888. The molecule has 1 aromatic heterocycles. The third-order valence-corrected chi connectivity index (χ3v) is 3.16. The molecule has 0 spiro atoms. The van der Waals surface area contributed by atoms with Crippen molar-refractivity contribution in [3.8, 4) is 0 Å². The number of rotatable bonds is 3. The number of amides is 1. The molecule has 0 radical (unpaired) electrons. The van der Waals surface area contributed by atoms with Gasteiger partial charge in [0.05, 0.1) is 11.4 Å². The number of carbonyl (C=O) groups excluding carboxylic acids is 1. The summed E-state index contributed by atoms with van der Waals surface area (Å²) in [5.41, 5.74) is 6.98. The molecule has 0 unspecified atom stereocenters. The Balaban J connectivity index is 2.42. The van der Waals surface area contributed by atoms with Gasteiger partial charge < -0.3 is 15.2 Å². The lowest BCUT2D eigenvalue weighted by molar-refractivity contribution is -0.114. The molecule has 1 aromatic rings. The number of hydrogen-bond acceptors (Lipinski definition) is 3. The Labute approximate surface area is 112 Å². The van der Waals surface area contributed by atoms with E-state index < -0.39 is 0 Å². The molecule has 5 heteroatoms. The number of nitrogens with two attached hydrogens (primary N) is 1. The van der Waals surface area contributed by atoms with Gasteiger partial charge in [-0.3, -0.25) is 9.59 Å². The fraction of sp³-hybridized carbons (Fsp3) is 0.429. The molecule has 2 rings (SSSR count). The lowest BCUT2D eigenvalue weighted by Crippen LogP contribution is -2.29. The van der Waals surface area contributed by atoms with Crippen LogP contribution in [0.1, 0.15) is 20.3 Å². The SMILES string of the molecule is C=C1CCN(c2cc(N)c(=O)n(CC(C)C)c2)C1=O. The van der Waals surface area contributed by atoms with E-state index in [1.807, 2.05) is 13.8 Å². The van der Waals surface area contributed by atoms with Crippen molar-refractivity contribution in [2.45, 2.75) is 26.8 Å². The summed E-state index contributed by atoms with van der Waals surface area (Å²) >= 11 is 0. The highest BCUT2D eigenvalue weighted by Gasteiger charge is 2.26. The first kappa shape index (κ1) is 13.4. The molecular formula is C14H19N3O2. The molecule has 102 valence electrons. The van der Waals surface area contributed by atoms with Crippen molar-refractivity contribution in [3.63, 3.8) is 0 Å². The zero-order chi connectivity index (χ0) is 14.2. The van der Waals surface area contributed by atoms with Crippen molar-refractivity contribution >= 4 is 17.3 Å². The van der Waals surface area contributed by atoms with Gasteiger partial charge in [0.2, 0.25) is 0 Å². The van der Waals surface area contributed by atoms with Crippen molar-refractivity contribution in [1.29, 1.82) is 0 Å². The summed E-state index contributed by atoms with van der Waals surface area (Å²) in [7, 11) is 0. The molecule has 2 N–H and O–H groups in total. The van der Waals surface area contributed by atoms with Crippen LogP contribution in [0.15, 0.2) is 29.2 Å². The number of aromatic nitrogens is 1. The Morgan fingerprint density at radius 3 is 2.63 bits per heavy atom. The molecule has 19 heavy (non-hydrogen) atoms. The van der Waals surface area contributed by atoms with E-state index in [0.29, 0.717) is 36.7 Å². The second kappa shape index (κ2) is 4.91. The maximum atomic E-state index is 11.9. The number of carbonyl (C=O) groups is 1. The third-order valence-electron chi connectivity index (χ3n) is 3.16. The van der Waals surface area contributed by atoms with Crippen LogP contribution in [0.4, 0.5) is 11.4 Å². The maximum absolute atomic E-state index is 11.9. The second-order valence-corrected chi connectivity index (χ2v) is 5.32. The van der Waals surface area contributed by atoms with E-state index in [0.717, 1.165) is 0 Å². The molecule has 0 aromatic carbocycles. The first-order valence-electron chi connectivity index (χ1n) is 6.39. The number of pyridine rings is 1. The maximum Gasteiger partial charge on any atom is 0.273 e. The minimum atomic E-state index is -0.206. The van der Waals surface area contributed by atoms with Gasteiger partial charge >= 0.3 is 0 Å². The smallest absolute Gasteiger partial charge is 0.273 e. The topological polar surface area (TPSA) is 68.3 Å². The first-order chi connectivity index (χ1) is 8.90. The predicted molar refractivity (Wildman–Crippen MR) is 76.1 cm³/mol. The van der Waals surface area contributed by atoms with Gasteiger partial charge in [0.1, 0.15) is 0 Å². The van der Waals surface area contributed by atoms with Crippen LogP contribution in [0.5, 0.6) is 0 Å². The largest absolute Gasteiger partial charge is 0.394 e. The lowest BCUT2D eigenvalue weighted by Gasteiger charge is -2.18. The van der Waals surface area contributed by atoms with Crippen molar-refractivity contribution in [2.75, 3.05) is 17.2 Å². The summed E-state index contributed by atoms with van der Waals surface area (Å²) in [4.78, 5) is 25.5. The summed E-state index contributed by atoms with van der Waals surface area (Å²) < 4.78 is 1.57. The Morgan fingerprint density at radius 2 is 2.11 bits per heavy atom. The summed E-state index contributed by atoms with van der Waals surface area (Å²) in [6.45, 7) is 8.96. The highest BCUT2D eigenvalue weighted by atomic mass is 16.2. The number of hydrogen-bond donors (Lipinski definition) is 1. The van der Waals surface area contributed by atoms with Gasteiger partial charge in [0, 0.05) is 24.9 Å². The van der Waals surface area contributed by atoms with E-state index in [-0.39, 0.29) is 17.2 Å². The molecule has 5 nitrogen and oxygen atoms in total. The van der Waals surface area contributed by atoms with Gasteiger partial charge in [-0.25, -0.2) is 0 Å². The number of nitrogen functional groups attached to an aromatic ring is 1. The molecule has 2 heterocycles. The molecule has 0 bridgehead atoms. The van der Waals surface area contributed by atoms with E-state index in [4.69, 9.17) is 5.73 Å². The summed E-state index contributed by atoms with van der Waals surface area (Å²) in [5, 5.41) is 0. The average Bonchev–Trinajstić information content (AvgIpc) is 2.65. The third kappa shape index (κ3) is 2.54. The van der Waals surface area contributed by atoms with Crippen molar-refractivity contribution in [2.24, 2.45) is 5.92 Å². The van der Waals surface area contributed by atoms with Gasteiger partial charge in [-0.15, -0.1) is 0 Å². The standard InChI is InChI=1S/C14H19N3O2/c1-9(2)7-16-8-11(6-12(15)14(16)19)17-5-4-10(3)13(17)18/h6,8-9H,3-5,7,15H2,1-2H3. The van der Waals surface area contributed by atoms with Crippen LogP contribution in [-0.4, -0.2) is 17.0 Å².